The first kappa shape index (κ1) is 18.9. The number of halogens is 1. The van der Waals surface area contributed by atoms with Gasteiger partial charge in [0.25, 0.3) is 5.91 Å². The Bertz CT molecular complexity index is 799. The maximum Gasteiger partial charge on any atom is 0.319 e. The Balaban J connectivity index is 1.67. The van der Waals surface area contributed by atoms with E-state index in [9.17, 15) is 14.0 Å². The van der Waals surface area contributed by atoms with Crippen LogP contribution in [0, 0.1) is 5.82 Å². The van der Waals surface area contributed by atoms with Gasteiger partial charge in [-0.2, -0.15) is 0 Å². The molecule has 0 unspecified atom stereocenters. The Morgan fingerprint density at radius 2 is 1.70 bits per heavy atom. The maximum atomic E-state index is 13.1. The molecule has 2 aromatic carbocycles. The molecule has 0 aliphatic heterocycles. The average molecular weight is 369 g/mol. The summed E-state index contributed by atoms with van der Waals surface area (Å²) >= 11 is 0. The number of urea groups is 1. The third kappa shape index (κ3) is 5.29. The van der Waals surface area contributed by atoms with E-state index >= 15 is 0 Å². The summed E-state index contributed by atoms with van der Waals surface area (Å²) in [6.07, 6.45) is 1.98. The molecule has 1 fully saturated rings. The van der Waals surface area contributed by atoms with Crippen LogP contribution in [-0.2, 0) is 6.54 Å². The van der Waals surface area contributed by atoms with Gasteiger partial charge >= 0.3 is 6.03 Å². The number of hydrogen-bond donors (Lipinski definition) is 2. The maximum absolute atomic E-state index is 13.1. The topological polar surface area (TPSA) is 61.4 Å². The van der Waals surface area contributed by atoms with E-state index in [2.05, 4.69) is 10.6 Å². The third-order valence-electron chi connectivity index (χ3n) is 4.32. The van der Waals surface area contributed by atoms with E-state index in [4.69, 9.17) is 0 Å². The normalized spacial score (nSPS) is 13.3. The monoisotopic (exact) mass is 369 g/mol. The minimum atomic E-state index is -0.285. The van der Waals surface area contributed by atoms with E-state index in [0.29, 0.717) is 17.8 Å². The van der Waals surface area contributed by atoms with E-state index in [-0.39, 0.29) is 29.8 Å². The van der Waals surface area contributed by atoms with Gasteiger partial charge in [0.1, 0.15) is 5.82 Å². The summed E-state index contributed by atoms with van der Waals surface area (Å²) in [5, 5.41) is 5.49. The molecule has 0 heterocycles. The van der Waals surface area contributed by atoms with Gasteiger partial charge in [0.15, 0.2) is 0 Å². The molecule has 2 N–H and O–H groups in total. The summed E-state index contributed by atoms with van der Waals surface area (Å²) < 4.78 is 13.1. The van der Waals surface area contributed by atoms with Crippen molar-refractivity contribution in [3.63, 3.8) is 0 Å². The van der Waals surface area contributed by atoms with Crippen molar-refractivity contribution >= 4 is 17.6 Å². The average Bonchev–Trinajstić information content (AvgIpc) is 3.45. The number of carbonyl (C=O) groups excluding carboxylic acids is 2. The van der Waals surface area contributed by atoms with E-state index in [1.165, 1.54) is 12.1 Å². The van der Waals surface area contributed by atoms with Crippen LogP contribution in [0.3, 0.4) is 0 Å². The lowest BCUT2D eigenvalue weighted by Gasteiger charge is -2.23. The summed E-state index contributed by atoms with van der Waals surface area (Å²) in [6.45, 7) is 4.23. The Hall–Kier alpha value is -2.89. The Labute approximate surface area is 158 Å². The standard InChI is InChI=1S/C21H24FN3O2/c1-14(2)23-21(27)24-18-9-5-16(6-10-18)20(26)25(19-11-12-19)13-15-3-7-17(22)8-4-15/h3-10,14,19H,11-13H2,1-2H3,(H2,23,24,27). The van der Waals surface area contributed by atoms with Crippen molar-refractivity contribution in [3.05, 3.63) is 65.5 Å². The van der Waals surface area contributed by atoms with Crippen LogP contribution >= 0.6 is 0 Å². The second-order valence-corrected chi connectivity index (χ2v) is 7.12. The number of rotatable bonds is 6. The summed E-state index contributed by atoms with van der Waals surface area (Å²) in [5.41, 5.74) is 2.10. The highest BCUT2D eigenvalue weighted by atomic mass is 19.1. The molecule has 0 saturated heterocycles. The van der Waals surface area contributed by atoms with E-state index in [1.54, 1.807) is 36.4 Å². The fourth-order valence-corrected chi connectivity index (χ4v) is 2.83. The highest BCUT2D eigenvalue weighted by Gasteiger charge is 2.33. The minimum Gasteiger partial charge on any atom is -0.336 e. The molecule has 0 bridgehead atoms. The van der Waals surface area contributed by atoms with Crippen molar-refractivity contribution in [1.29, 1.82) is 0 Å². The van der Waals surface area contributed by atoms with Gasteiger partial charge in [0, 0.05) is 29.9 Å². The molecule has 0 atom stereocenters. The minimum absolute atomic E-state index is 0.0458. The molecule has 3 rings (SSSR count). The van der Waals surface area contributed by atoms with E-state index in [0.717, 1.165) is 18.4 Å². The number of nitrogens with one attached hydrogen (secondary N) is 2. The van der Waals surface area contributed by atoms with Gasteiger partial charge in [-0.25, -0.2) is 9.18 Å². The van der Waals surface area contributed by atoms with Crippen LogP contribution < -0.4 is 10.6 Å². The van der Waals surface area contributed by atoms with E-state index in [1.807, 2.05) is 18.7 Å². The lowest BCUT2D eigenvalue weighted by molar-refractivity contribution is 0.0730. The van der Waals surface area contributed by atoms with Crippen molar-refractivity contribution in [2.45, 2.75) is 45.3 Å². The SMILES string of the molecule is CC(C)NC(=O)Nc1ccc(C(=O)N(Cc2ccc(F)cc2)C2CC2)cc1. The lowest BCUT2D eigenvalue weighted by Crippen LogP contribution is -2.34. The second kappa shape index (κ2) is 8.20. The predicted molar refractivity (Wildman–Crippen MR) is 103 cm³/mol. The molecule has 1 saturated carbocycles. The first-order valence-electron chi connectivity index (χ1n) is 9.15. The predicted octanol–water partition coefficient (Wildman–Crippen LogP) is 4.16. The molecule has 0 spiro atoms. The number of nitrogens with zero attached hydrogens (tertiary/aromatic N) is 1. The fourth-order valence-electron chi connectivity index (χ4n) is 2.83. The van der Waals surface area contributed by atoms with Crippen molar-refractivity contribution < 1.29 is 14.0 Å². The first-order chi connectivity index (χ1) is 12.9. The molecule has 5 nitrogen and oxygen atoms in total. The molecular weight excluding hydrogens is 345 g/mol. The van der Waals surface area contributed by atoms with Gasteiger partial charge in [-0.15, -0.1) is 0 Å². The van der Waals surface area contributed by atoms with Gasteiger partial charge in [0.05, 0.1) is 0 Å². The number of carbonyl (C=O) groups is 2. The van der Waals surface area contributed by atoms with Gasteiger partial charge in [0.2, 0.25) is 0 Å². The van der Waals surface area contributed by atoms with Gasteiger partial charge < -0.3 is 15.5 Å². The van der Waals surface area contributed by atoms with Gasteiger partial charge in [-0.05, 0) is 68.7 Å². The van der Waals surface area contributed by atoms with Gasteiger partial charge in [-0.3, -0.25) is 4.79 Å². The quantitative estimate of drug-likeness (QED) is 0.803. The van der Waals surface area contributed by atoms with Crippen LogP contribution in [0.4, 0.5) is 14.9 Å². The molecule has 1 aliphatic rings. The highest BCUT2D eigenvalue weighted by Crippen LogP contribution is 2.30. The van der Waals surface area contributed by atoms with Crippen molar-refractivity contribution in [2.75, 3.05) is 5.32 Å². The number of hydrogen-bond acceptors (Lipinski definition) is 2. The van der Waals surface area contributed by atoms with Crippen LogP contribution in [0.2, 0.25) is 0 Å². The van der Waals surface area contributed by atoms with Crippen LogP contribution in [-0.4, -0.2) is 28.9 Å². The molecule has 0 radical (unpaired) electrons. The molecule has 6 heteroatoms. The molecule has 2 aromatic rings. The van der Waals surface area contributed by atoms with Crippen molar-refractivity contribution in [1.82, 2.24) is 10.2 Å². The van der Waals surface area contributed by atoms with E-state index < -0.39 is 0 Å². The van der Waals surface area contributed by atoms with Gasteiger partial charge in [-0.1, -0.05) is 12.1 Å². The van der Waals surface area contributed by atoms with Crippen LogP contribution in [0.25, 0.3) is 0 Å². The number of benzene rings is 2. The zero-order valence-electron chi connectivity index (χ0n) is 15.5. The molecule has 142 valence electrons. The Morgan fingerprint density at radius 1 is 1.07 bits per heavy atom. The highest BCUT2D eigenvalue weighted by molar-refractivity contribution is 5.96. The Morgan fingerprint density at radius 3 is 2.26 bits per heavy atom. The summed E-state index contributed by atoms with van der Waals surface area (Å²) in [5.74, 6) is -0.340. The molecule has 1 aliphatic carbocycles. The molecular formula is C21H24FN3O2. The summed E-state index contributed by atoms with van der Waals surface area (Å²) in [4.78, 5) is 26.5. The number of amides is 3. The van der Waals surface area contributed by atoms with Crippen LogP contribution in [0.15, 0.2) is 48.5 Å². The molecule has 27 heavy (non-hydrogen) atoms. The summed E-state index contributed by atoms with van der Waals surface area (Å²) in [6, 6.07) is 13.1. The molecule has 0 aromatic heterocycles. The zero-order valence-corrected chi connectivity index (χ0v) is 15.5. The largest absolute Gasteiger partial charge is 0.336 e. The third-order valence-corrected chi connectivity index (χ3v) is 4.32. The van der Waals surface area contributed by atoms with Crippen LogP contribution in [0.1, 0.15) is 42.6 Å². The van der Waals surface area contributed by atoms with Crippen molar-refractivity contribution in [2.24, 2.45) is 0 Å². The molecule has 3 amide bonds. The Kier molecular flexibility index (Phi) is 5.74. The lowest BCUT2D eigenvalue weighted by atomic mass is 10.1. The first-order valence-corrected chi connectivity index (χ1v) is 9.15. The smallest absolute Gasteiger partial charge is 0.319 e. The summed E-state index contributed by atoms with van der Waals surface area (Å²) in [7, 11) is 0. The number of anilines is 1. The fraction of sp³-hybridized carbons (Fsp3) is 0.333. The van der Waals surface area contributed by atoms with Crippen LogP contribution in [0.5, 0.6) is 0 Å². The second-order valence-electron chi connectivity index (χ2n) is 7.12. The zero-order chi connectivity index (χ0) is 19.4. The van der Waals surface area contributed by atoms with Crippen molar-refractivity contribution in [3.8, 4) is 0 Å².